The van der Waals surface area contributed by atoms with Crippen molar-refractivity contribution in [1.29, 1.82) is 0 Å². The van der Waals surface area contributed by atoms with Crippen molar-refractivity contribution >= 4 is 11.8 Å². The summed E-state index contributed by atoms with van der Waals surface area (Å²) in [7, 11) is 0. The molecule has 0 saturated carbocycles. The van der Waals surface area contributed by atoms with Crippen LogP contribution in [0.15, 0.2) is 24.3 Å². The molecule has 0 aliphatic rings. The number of aliphatic hydroxyl groups is 1. The highest BCUT2D eigenvalue weighted by Gasteiger charge is 2.16. The number of rotatable bonds is 4. The maximum absolute atomic E-state index is 11.3. The number of carbonyl (C=O) groups excluding carboxylic acids is 1. The zero-order valence-corrected chi connectivity index (χ0v) is 9.90. The van der Waals surface area contributed by atoms with Crippen LogP contribution >= 0.6 is 0 Å². The highest BCUT2D eigenvalue weighted by Crippen LogP contribution is 2.17. The number of hydrogen-bond acceptors (Lipinski definition) is 6. The van der Waals surface area contributed by atoms with Gasteiger partial charge < -0.3 is 14.6 Å². The molecule has 1 rings (SSSR count). The third kappa shape index (κ3) is 4.02. The van der Waals surface area contributed by atoms with E-state index < -0.39 is 23.3 Å². The molecule has 0 spiro atoms. The minimum atomic E-state index is -0.975. The Balaban J connectivity index is 2.57. The zero-order chi connectivity index (χ0) is 13.7. The van der Waals surface area contributed by atoms with Crippen LogP contribution in [0.1, 0.15) is 13.8 Å². The SMILES string of the molecule is CC(O)C(C)OC(=O)Oc1ccc([N+](=O)[O-])cc1. The van der Waals surface area contributed by atoms with Crippen LogP contribution in [0.5, 0.6) is 5.75 Å². The second-order valence-corrected chi connectivity index (χ2v) is 3.67. The quantitative estimate of drug-likeness (QED) is 0.381. The van der Waals surface area contributed by atoms with E-state index >= 15 is 0 Å². The van der Waals surface area contributed by atoms with Gasteiger partial charge in [0.1, 0.15) is 11.9 Å². The molecule has 2 atom stereocenters. The maximum atomic E-state index is 11.3. The monoisotopic (exact) mass is 255 g/mol. The van der Waals surface area contributed by atoms with E-state index in [-0.39, 0.29) is 11.4 Å². The molecule has 0 radical (unpaired) electrons. The van der Waals surface area contributed by atoms with Gasteiger partial charge in [0, 0.05) is 12.1 Å². The third-order valence-corrected chi connectivity index (χ3v) is 2.21. The van der Waals surface area contributed by atoms with E-state index in [4.69, 9.17) is 14.6 Å². The summed E-state index contributed by atoms with van der Waals surface area (Å²) < 4.78 is 9.52. The van der Waals surface area contributed by atoms with Gasteiger partial charge in [-0.1, -0.05) is 0 Å². The van der Waals surface area contributed by atoms with Crippen LogP contribution in [-0.2, 0) is 4.74 Å². The molecule has 7 heteroatoms. The number of aliphatic hydroxyl groups excluding tert-OH is 1. The first-order valence-corrected chi connectivity index (χ1v) is 5.21. The lowest BCUT2D eigenvalue weighted by molar-refractivity contribution is -0.384. The molecular formula is C11H13NO6. The van der Waals surface area contributed by atoms with Gasteiger partial charge >= 0.3 is 6.16 Å². The molecule has 2 unspecified atom stereocenters. The Morgan fingerprint density at radius 2 is 1.89 bits per heavy atom. The smallest absolute Gasteiger partial charge is 0.428 e. The molecule has 0 heterocycles. The van der Waals surface area contributed by atoms with Crippen LogP contribution in [0.25, 0.3) is 0 Å². The highest BCUT2D eigenvalue weighted by atomic mass is 16.7. The first-order chi connectivity index (χ1) is 8.40. The van der Waals surface area contributed by atoms with Gasteiger partial charge in [-0.25, -0.2) is 4.79 Å². The fourth-order valence-corrected chi connectivity index (χ4v) is 1.01. The first kappa shape index (κ1) is 13.9. The van der Waals surface area contributed by atoms with Crippen LogP contribution in [0.2, 0.25) is 0 Å². The van der Waals surface area contributed by atoms with Crippen molar-refractivity contribution in [3.8, 4) is 5.75 Å². The maximum Gasteiger partial charge on any atom is 0.514 e. The summed E-state index contributed by atoms with van der Waals surface area (Å²) in [6.07, 6.45) is -2.48. The average Bonchev–Trinajstić information content (AvgIpc) is 2.29. The average molecular weight is 255 g/mol. The molecule has 0 saturated heterocycles. The van der Waals surface area contributed by atoms with Gasteiger partial charge in [-0.2, -0.15) is 0 Å². The predicted octanol–water partition coefficient (Wildman–Crippen LogP) is 1.88. The minimum absolute atomic E-state index is 0.104. The van der Waals surface area contributed by atoms with Gasteiger partial charge in [0.05, 0.1) is 11.0 Å². The van der Waals surface area contributed by atoms with Crippen molar-refractivity contribution in [2.24, 2.45) is 0 Å². The van der Waals surface area contributed by atoms with Crippen molar-refractivity contribution in [1.82, 2.24) is 0 Å². The van der Waals surface area contributed by atoms with Gasteiger partial charge in [0.25, 0.3) is 5.69 Å². The molecule has 98 valence electrons. The van der Waals surface area contributed by atoms with Gasteiger partial charge in [-0.15, -0.1) is 0 Å². The van der Waals surface area contributed by atoms with Crippen LogP contribution in [0, 0.1) is 10.1 Å². The van der Waals surface area contributed by atoms with E-state index in [2.05, 4.69) is 0 Å². The van der Waals surface area contributed by atoms with E-state index in [0.29, 0.717) is 0 Å². The third-order valence-electron chi connectivity index (χ3n) is 2.21. The van der Waals surface area contributed by atoms with Crippen molar-refractivity contribution in [2.75, 3.05) is 0 Å². The van der Waals surface area contributed by atoms with Crippen LogP contribution in [-0.4, -0.2) is 28.4 Å². The summed E-state index contributed by atoms with van der Waals surface area (Å²) >= 11 is 0. The van der Waals surface area contributed by atoms with E-state index in [1.54, 1.807) is 0 Å². The van der Waals surface area contributed by atoms with E-state index in [0.717, 1.165) is 0 Å². The predicted molar refractivity (Wildman–Crippen MR) is 61.3 cm³/mol. The number of non-ortho nitro benzene ring substituents is 1. The Hall–Kier alpha value is -2.15. The summed E-state index contributed by atoms with van der Waals surface area (Å²) in [4.78, 5) is 21.1. The van der Waals surface area contributed by atoms with E-state index in [1.807, 2.05) is 0 Å². The zero-order valence-electron chi connectivity index (χ0n) is 9.90. The van der Waals surface area contributed by atoms with Crippen molar-refractivity contribution in [3.05, 3.63) is 34.4 Å². The van der Waals surface area contributed by atoms with Gasteiger partial charge in [0.15, 0.2) is 0 Å². The van der Waals surface area contributed by atoms with Crippen LogP contribution < -0.4 is 4.74 Å². The second-order valence-electron chi connectivity index (χ2n) is 3.67. The van der Waals surface area contributed by atoms with Gasteiger partial charge in [-0.05, 0) is 26.0 Å². The van der Waals surface area contributed by atoms with Crippen LogP contribution in [0.4, 0.5) is 10.5 Å². The van der Waals surface area contributed by atoms with Crippen LogP contribution in [0.3, 0.4) is 0 Å². The molecular weight excluding hydrogens is 242 g/mol. The number of hydrogen-bond donors (Lipinski definition) is 1. The largest absolute Gasteiger partial charge is 0.514 e. The fourth-order valence-electron chi connectivity index (χ4n) is 1.01. The summed E-state index contributed by atoms with van der Waals surface area (Å²) in [5.74, 6) is 0.128. The number of benzene rings is 1. The van der Waals surface area contributed by atoms with E-state index in [9.17, 15) is 14.9 Å². The molecule has 7 nitrogen and oxygen atoms in total. The summed E-state index contributed by atoms with van der Waals surface area (Å²) in [6.45, 7) is 2.99. The molecule has 1 aromatic rings. The Bertz CT molecular complexity index is 428. The summed E-state index contributed by atoms with van der Waals surface area (Å²) in [6, 6.07) is 4.99. The molecule has 18 heavy (non-hydrogen) atoms. The second kappa shape index (κ2) is 5.97. The van der Waals surface area contributed by atoms with Crippen molar-refractivity contribution < 1.29 is 24.3 Å². The summed E-state index contributed by atoms with van der Waals surface area (Å²) in [5.41, 5.74) is -0.104. The number of carbonyl (C=O) groups is 1. The molecule has 0 fully saturated rings. The molecule has 1 N–H and O–H groups in total. The number of nitrogens with zero attached hydrogens (tertiary/aromatic N) is 1. The van der Waals surface area contributed by atoms with Gasteiger partial charge in [-0.3, -0.25) is 10.1 Å². The lowest BCUT2D eigenvalue weighted by Crippen LogP contribution is -2.27. The van der Waals surface area contributed by atoms with E-state index in [1.165, 1.54) is 38.1 Å². The topological polar surface area (TPSA) is 98.9 Å². The Morgan fingerprint density at radius 3 is 2.33 bits per heavy atom. The van der Waals surface area contributed by atoms with Crippen molar-refractivity contribution in [3.63, 3.8) is 0 Å². The number of ether oxygens (including phenoxy) is 2. The number of nitro groups is 1. The Labute approximate surface area is 103 Å². The lowest BCUT2D eigenvalue weighted by Gasteiger charge is -2.15. The standard InChI is InChI=1S/C11H13NO6/c1-7(13)8(2)17-11(14)18-10-5-3-9(4-6-10)12(15)16/h3-8,13H,1-2H3. The molecule has 0 bridgehead atoms. The summed E-state index contributed by atoms with van der Waals surface area (Å²) in [5, 5.41) is 19.5. The molecule has 0 aliphatic heterocycles. The van der Waals surface area contributed by atoms with Crippen molar-refractivity contribution in [2.45, 2.75) is 26.1 Å². The normalized spacial score (nSPS) is 13.5. The molecule has 0 aromatic heterocycles. The fraction of sp³-hybridized carbons (Fsp3) is 0.364. The van der Waals surface area contributed by atoms with Gasteiger partial charge in [0.2, 0.25) is 0 Å². The Morgan fingerprint density at radius 1 is 1.33 bits per heavy atom. The first-order valence-electron chi connectivity index (χ1n) is 5.21. The number of nitro benzene ring substituents is 1. The Kier molecular flexibility index (Phi) is 4.61. The highest BCUT2D eigenvalue weighted by molar-refractivity contribution is 5.64. The molecule has 0 aliphatic carbocycles. The minimum Gasteiger partial charge on any atom is -0.428 e. The molecule has 0 amide bonds. The molecule has 1 aromatic carbocycles. The lowest BCUT2D eigenvalue weighted by atomic mass is 10.3.